The van der Waals surface area contributed by atoms with Gasteiger partial charge in [0.1, 0.15) is 5.75 Å². The highest BCUT2D eigenvalue weighted by Crippen LogP contribution is 2.29. The zero-order valence-corrected chi connectivity index (χ0v) is 13.2. The van der Waals surface area contributed by atoms with Gasteiger partial charge in [0, 0.05) is 4.47 Å². The number of ether oxygens (including phenoxy) is 1. The van der Waals surface area contributed by atoms with Crippen molar-refractivity contribution in [1.29, 1.82) is 0 Å². The number of hydrogen-bond acceptors (Lipinski definition) is 2. The van der Waals surface area contributed by atoms with E-state index in [0.717, 1.165) is 23.2 Å². The van der Waals surface area contributed by atoms with Gasteiger partial charge in [-0.2, -0.15) is 11.8 Å². The topological polar surface area (TPSA) is 9.23 Å². The minimum Gasteiger partial charge on any atom is -0.493 e. The quantitative estimate of drug-likeness (QED) is 0.648. The van der Waals surface area contributed by atoms with E-state index in [-0.39, 0.29) is 0 Å². The van der Waals surface area contributed by atoms with Crippen molar-refractivity contribution in [2.24, 2.45) is 0 Å². The predicted molar refractivity (Wildman–Crippen MR) is 81.3 cm³/mol. The van der Waals surface area contributed by atoms with Gasteiger partial charge < -0.3 is 4.74 Å². The Morgan fingerprint density at radius 3 is 2.76 bits per heavy atom. The molecule has 0 saturated carbocycles. The second-order valence-electron chi connectivity index (χ2n) is 4.24. The smallest absolute Gasteiger partial charge is 0.122 e. The Morgan fingerprint density at radius 1 is 1.35 bits per heavy atom. The average Bonchev–Trinajstić information content (AvgIpc) is 2.30. The molecule has 0 unspecified atom stereocenters. The minimum atomic E-state index is 0.493. The summed E-state index contributed by atoms with van der Waals surface area (Å²) in [5.41, 5.74) is 1.28. The lowest BCUT2D eigenvalue weighted by Crippen LogP contribution is -2.02. The number of halogens is 1. The zero-order valence-electron chi connectivity index (χ0n) is 10.8. The maximum atomic E-state index is 5.87. The monoisotopic (exact) mass is 316 g/mol. The lowest BCUT2D eigenvalue weighted by Gasteiger charge is -2.14. The molecule has 0 aliphatic carbocycles. The first-order chi connectivity index (χ1) is 8.15. The van der Waals surface area contributed by atoms with E-state index in [1.807, 2.05) is 17.8 Å². The minimum absolute atomic E-state index is 0.493. The lowest BCUT2D eigenvalue weighted by molar-refractivity contribution is 0.314. The van der Waals surface area contributed by atoms with E-state index in [2.05, 4.69) is 48.8 Å². The highest BCUT2D eigenvalue weighted by molar-refractivity contribution is 9.10. The summed E-state index contributed by atoms with van der Waals surface area (Å²) in [6, 6.07) is 6.26. The second kappa shape index (κ2) is 8.04. The van der Waals surface area contributed by atoms with Crippen molar-refractivity contribution in [3.8, 4) is 5.75 Å². The van der Waals surface area contributed by atoms with Crippen LogP contribution < -0.4 is 4.74 Å². The van der Waals surface area contributed by atoms with E-state index >= 15 is 0 Å². The first kappa shape index (κ1) is 14.9. The van der Waals surface area contributed by atoms with Crippen LogP contribution in [-0.4, -0.2) is 18.1 Å². The van der Waals surface area contributed by atoms with Gasteiger partial charge in [-0.05, 0) is 47.6 Å². The van der Waals surface area contributed by atoms with Gasteiger partial charge in [-0.3, -0.25) is 0 Å². The summed E-state index contributed by atoms with van der Waals surface area (Å²) in [7, 11) is 0. The lowest BCUT2D eigenvalue weighted by atomic mass is 10.0. The molecule has 1 nitrogen and oxygen atoms in total. The summed E-state index contributed by atoms with van der Waals surface area (Å²) in [5.74, 6) is 3.90. The number of hydrogen-bond donors (Lipinski definition) is 0. The largest absolute Gasteiger partial charge is 0.493 e. The van der Waals surface area contributed by atoms with Gasteiger partial charge in [-0.15, -0.1) is 0 Å². The molecule has 0 radical (unpaired) electrons. The third-order valence-electron chi connectivity index (χ3n) is 2.49. The Bertz CT molecular complexity index is 339. The van der Waals surface area contributed by atoms with Crippen LogP contribution in [0.1, 0.15) is 38.7 Å². The van der Waals surface area contributed by atoms with Crippen molar-refractivity contribution in [2.75, 3.05) is 18.1 Å². The fraction of sp³-hybridized carbons (Fsp3) is 0.571. The van der Waals surface area contributed by atoms with Gasteiger partial charge in [-0.1, -0.05) is 36.7 Å². The third-order valence-corrected chi connectivity index (χ3v) is 3.97. The van der Waals surface area contributed by atoms with E-state index < -0.39 is 0 Å². The highest BCUT2D eigenvalue weighted by atomic mass is 79.9. The van der Waals surface area contributed by atoms with E-state index in [9.17, 15) is 0 Å². The molecule has 1 aromatic rings. The fourth-order valence-electron chi connectivity index (χ4n) is 1.59. The van der Waals surface area contributed by atoms with E-state index in [0.29, 0.717) is 5.92 Å². The van der Waals surface area contributed by atoms with Gasteiger partial charge in [0.2, 0.25) is 0 Å². The molecule has 0 N–H and O–H groups in total. The summed E-state index contributed by atoms with van der Waals surface area (Å²) in [5, 5.41) is 0. The molecule has 0 atom stereocenters. The van der Waals surface area contributed by atoms with Crippen LogP contribution in [0.15, 0.2) is 22.7 Å². The standard InChI is InChI=1S/C14H21BrOS/c1-4-17-9-5-8-16-14-7-6-12(15)10-13(14)11(2)3/h6-7,10-11H,4-5,8-9H2,1-3H3. The van der Waals surface area contributed by atoms with Crippen LogP contribution in [-0.2, 0) is 0 Å². The third kappa shape index (κ3) is 5.35. The molecule has 1 rings (SSSR count). The van der Waals surface area contributed by atoms with Gasteiger partial charge in [0.05, 0.1) is 6.61 Å². The van der Waals surface area contributed by atoms with Crippen molar-refractivity contribution in [2.45, 2.75) is 33.1 Å². The van der Waals surface area contributed by atoms with Crippen molar-refractivity contribution >= 4 is 27.7 Å². The molecule has 1 aromatic carbocycles. The van der Waals surface area contributed by atoms with Crippen LogP contribution in [0.25, 0.3) is 0 Å². The number of thioether (sulfide) groups is 1. The van der Waals surface area contributed by atoms with Gasteiger partial charge in [0.25, 0.3) is 0 Å². The summed E-state index contributed by atoms with van der Waals surface area (Å²) < 4.78 is 6.99. The molecule has 3 heteroatoms. The van der Waals surface area contributed by atoms with Crippen molar-refractivity contribution < 1.29 is 4.74 Å². The Balaban J connectivity index is 2.52. The van der Waals surface area contributed by atoms with Gasteiger partial charge in [-0.25, -0.2) is 0 Å². The van der Waals surface area contributed by atoms with Crippen LogP contribution in [0, 0.1) is 0 Å². The molecule has 0 bridgehead atoms. The Kier molecular flexibility index (Phi) is 7.05. The Morgan fingerprint density at radius 2 is 2.12 bits per heavy atom. The van der Waals surface area contributed by atoms with E-state index in [1.165, 1.54) is 17.1 Å². The molecule has 0 aromatic heterocycles. The van der Waals surface area contributed by atoms with E-state index in [4.69, 9.17) is 4.74 Å². The summed E-state index contributed by atoms with van der Waals surface area (Å²) in [6.45, 7) is 7.40. The van der Waals surface area contributed by atoms with Crippen LogP contribution >= 0.6 is 27.7 Å². The average molecular weight is 317 g/mol. The molecule has 96 valence electrons. The normalized spacial score (nSPS) is 10.9. The summed E-state index contributed by atoms with van der Waals surface area (Å²) in [4.78, 5) is 0. The summed E-state index contributed by atoms with van der Waals surface area (Å²) >= 11 is 5.48. The zero-order chi connectivity index (χ0) is 12.7. The first-order valence-corrected chi connectivity index (χ1v) is 8.10. The SMILES string of the molecule is CCSCCCOc1ccc(Br)cc1C(C)C. The molecule has 0 saturated heterocycles. The van der Waals surface area contributed by atoms with Crippen molar-refractivity contribution in [3.05, 3.63) is 28.2 Å². The Hall–Kier alpha value is -0.150. The maximum Gasteiger partial charge on any atom is 0.122 e. The molecule has 0 amide bonds. The molecular weight excluding hydrogens is 296 g/mol. The summed E-state index contributed by atoms with van der Waals surface area (Å²) in [6.07, 6.45) is 1.12. The van der Waals surface area contributed by atoms with Crippen LogP contribution in [0.2, 0.25) is 0 Å². The fourth-order valence-corrected chi connectivity index (χ4v) is 2.58. The van der Waals surface area contributed by atoms with Crippen LogP contribution in [0.4, 0.5) is 0 Å². The van der Waals surface area contributed by atoms with Crippen molar-refractivity contribution in [3.63, 3.8) is 0 Å². The highest BCUT2D eigenvalue weighted by Gasteiger charge is 2.08. The predicted octanol–water partition coefficient (Wildman–Crippen LogP) is 5.09. The Labute approximate surface area is 117 Å². The second-order valence-corrected chi connectivity index (χ2v) is 6.55. The molecule has 17 heavy (non-hydrogen) atoms. The number of rotatable bonds is 7. The van der Waals surface area contributed by atoms with Crippen LogP contribution in [0.5, 0.6) is 5.75 Å². The molecule has 0 heterocycles. The van der Waals surface area contributed by atoms with Gasteiger partial charge >= 0.3 is 0 Å². The number of benzene rings is 1. The molecular formula is C14H21BrOS. The van der Waals surface area contributed by atoms with Crippen molar-refractivity contribution in [1.82, 2.24) is 0 Å². The van der Waals surface area contributed by atoms with Crippen LogP contribution in [0.3, 0.4) is 0 Å². The molecule has 0 fully saturated rings. The molecule has 0 aliphatic heterocycles. The molecule has 0 spiro atoms. The maximum absolute atomic E-state index is 5.87. The first-order valence-electron chi connectivity index (χ1n) is 6.15. The van der Waals surface area contributed by atoms with Gasteiger partial charge in [0.15, 0.2) is 0 Å². The molecule has 0 aliphatic rings. The van der Waals surface area contributed by atoms with E-state index in [1.54, 1.807) is 0 Å².